The molecule has 8 nitrogen and oxygen atoms in total. The molecule has 0 radical (unpaired) electrons. The van der Waals surface area contributed by atoms with Crippen LogP contribution in [0.15, 0.2) is 48.8 Å². The highest BCUT2D eigenvalue weighted by Crippen LogP contribution is 2.45. The highest BCUT2D eigenvalue weighted by atomic mass is 19.1. The Bertz CT molecular complexity index is 1100. The molecule has 0 fully saturated rings. The lowest BCUT2D eigenvalue weighted by atomic mass is 9.86. The number of carbonyl (C=O) groups excluding carboxylic acids is 2. The van der Waals surface area contributed by atoms with E-state index < -0.39 is 30.5 Å². The lowest BCUT2D eigenvalue weighted by molar-refractivity contribution is 0.0955. The normalized spacial score (nSPS) is 17.2. The fraction of sp³-hybridized carbons (Fsp3) is 0.238. The van der Waals surface area contributed by atoms with E-state index in [1.54, 1.807) is 17.7 Å². The highest BCUT2D eigenvalue weighted by Gasteiger charge is 2.39. The van der Waals surface area contributed by atoms with E-state index in [-0.39, 0.29) is 17.1 Å². The first-order valence-electron chi connectivity index (χ1n) is 9.36. The molecule has 9 heteroatoms. The van der Waals surface area contributed by atoms with Gasteiger partial charge in [0.25, 0.3) is 11.8 Å². The second kappa shape index (κ2) is 7.94. The summed E-state index contributed by atoms with van der Waals surface area (Å²) in [6.45, 7) is -0.734. The van der Waals surface area contributed by atoms with Gasteiger partial charge < -0.3 is 14.6 Å². The minimum Gasteiger partial charge on any atom is -0.486 e. The zero-order chi connectivity index (χ0) is 21.3. The summed E-state index contributed by atoms with van der Waals surface area (Å²) in [6, 6.07) is 12.4. The maximum Gasteiger partial charge on any atom is 0.258 e. The van der Waals surface area contributed by atoms with Gasteiger partial charge in [0, 0.05) is 25.2 Å². The Morgan fingerprint density at radius 3 is 2.60 bits per heavy atom. The average molecular weight is 409 g/mol. The van der Waals surface area contributed by atoms with Crippen LogP contribution in [0.2, 0.25) is 0 Å². The van der Waals surface area contributed by atoms with Gasteiger partial charge in [-0.05, 0) is 17.7 Å². The van der Waals surface area contributed by atoms with E-state index in [0.717, 1.165) is 5.56 Å². The number of aromatic nitrogens is 3. The molecule has 0 saturated carbocycles. The molecule has 2 amide bonds. The SMILES string of the molecule is CNC(=O)c1cc(C(=O)Nc2nncn2C)cc2c1O[C@H](CF)[C@H]2c1ccccc1. The van der Waals surface area contributed by atoms with Gasteiger partial charge in [0.15, 0.2) is 0 Å². The van der Waals surface area contributed by atoms with Crippen molar-refractivity contribution in [3.8, 4) is 5.75 Å². The van der Waals surface area contributed by atoms with Gasteiger partial charge in [-0.3, -0.25) is 14.9 Å². The van der Waals surface area contributed by atoms with Crippen molar-refractivity contribution in [3.63, 3.8) is 0 Å². The fourth-order valence-corrected chi connectivity index (χ4v) is 3.61. The number of aryl methyl sites for hydroxylation is 1. The van der Waals surface area contributed by atoms with Gasteiger partial charge in [0.2, 0.25) is 5.95 Å². The molecule has 3 aromatic rings. The van der Waals surface area contributed by atoms with Crippen molar-refractivity contribution in [3.05, 3.63) is 71.0 Å². The minimum atomic E-state index is -0.789. The summed E-state index contributed by atoms with van der Waals surface area (Å²) in [4.78, 5) is 25.4. The summed E-state index contributed by atoms with van der Waals surface area (Å²) >= 11 is 0. The third-order valence-corrected chi connectivity index (χ3v) is 5.08. The first kappa shape index (κ1) is 19.6. The Morgan fingerprint density at radius 1 is 1.20 bits per heavy atom. The van der Waals surface area contributed by atoms with Crippen molar-refractivity contribution in [2.75, 3.05) is 19.0 Å². The third-order valence-electron chi connectivity index (χ3n) is 5.08. The second-order valence-electron chi connectivity index (χ2n) is 6.94. The number of amides is 2. The monoisotopic (exact) mass is 409 g/mol. The van der Waals surface area contributed by atoms with Crippen LogP contribution in [0.4, 0.5) is 10.3 Å². The molecule has 0 spiro atoms. The Hall–Kier alpha value is -3.75. The van der Waals surface area contributed by atoms with E-state index in [2.05, 4.69) is 20.8 Å². The van der Waals surface area contributed by atoms with Crippen LogP contribution in [-0.4, -0.2) is 46.4 Å². The van der Waals surface area contributed by atoms with Crippen LogP contribution in [0.3, 0.4) is 0 Å². The van der Waals surface area contributed by atoms with E-state index in [4.69, 9.17) is 4.74 Å². The van der Waals surface area contributed by atoms with Crippen molar-refractivity contribution in [1.29, 1.82) is 0 Å². The van der Waals surface area contributed by atoms with Gasteiger partial charge >= 0.3 is 0 Å². The average Bonchev–Trinajstić information content (AvgIpc) is 3.35. The standard InChI is InChI=1S/C21H20FN5O3/c1-23-20(29)15-9-13(19(28)25-21-26-24-11-27(21)2)8-14-17(12-6-4-3-5-7-12)16(10-22)30-18(14)15/h3-9,11,16-17H,10H2,1-2H3,(H,23,29)(H,25,26,28)/t16-,17+/m1/s1. The van der Waals surface area contributed by atoms with Crippen LogP contribution in [0, 0.1) is 0 Å². The predicted octanol–water partition coefficient (Wildman–Crippen LogP) is 2.29. The minimum absolute atomic E-state index is 0.176. The van der Waals surface area contributed by atoms with E-state index in [1.807, 2.05) is 30.3 Å². The molecule has 0 aliphatic carbocycles. The number of carbonyl (C=O) groups is 2. The molecular formula is C21H20FN5O3. The van der Waals surface area contributed by atoms with Crippen LogP contribution in [0.1, 0.15) is 37.8 Å². The van der Waals surface area contributed by atoms with Crippen LogP contribution >= 0.6 is 0 Å². The third kappa shape index (κ3) is 3.38. The second-order valence-corrected chi connectivity index (χ2v) is 6.94. The molecule has 2 aromatic carbocycles. The van der Waals surface area contributed by atoms with E-state index in [1.165, 1.54) is 19.4 Å². The number of benzene rings is 2. The van der Waals surface area contributed by atoms with Crippen molar-refractivity contribution in [1.82, 2.24) is 20.1 Å². The van der Waals surface area contributed by atoms with Crippen LogP contribution in [0.25, 0.3) is 0 Å². The number of alkyl halides is 1. The summed E-state index contributed by atoms with van der Waals surface area (Å²) in [5, 5.41) is 12.8. The van der Waals surface area contributed by atoms with E-state index in [9.17, 15) is 14.0 Å². The molecule has 2 atom stereocenters. The summed E-state index contributed by atoms with van der Waals surface area (Å²) in [5.74, 6) is -0.779. The molecular weight excluding hydrogens is 389 g/mol. The summed E-state index contributed by atoms with van der Waals surface area (Å²) in [5.41, 5.74) is 1.84. The molecule has 0 bridgehead atoms. The Morgan fingerprint density at radius 2 is 1.97 bits per heavy atom. The number of anilines is 1. The molecule has 4 rings (SSSR count). The Labute approximate surface area is 172 Å². The summed E-state index contributed by atoms with van der Waals surface area (Å²) < 4.78 is 21.2. The van der Waals surface area contributed by atoms with Crippen molar-refractivity contribution >= 4 is 17.8 Å². The van der Waals surface area contributed by atoms with Gasteiger partial charge in [-0.25, -0.2) is 4.39 Å². The van der Waals surface area contributed by atoms with Crippen LogP contribution < -0.4 is 15.4 Å². The highest BCUT2D eigenvalue weighted by molar-refractivity contribution is 6.07. The number of ether oxygens (including phenoxy) is 1. The van der Waals surface area contributed by atoms with Gasteiger partial charge in [-0.2, -0.15) is 0 Å². The lowest BCUT2D eigenvalue weighted by Crippen LogP contribution is -2.22. The smallest absolute Gasteiger partial charge is 0.258 e. The molecule has 2 heterocycles. The first-order chi connectivity index (χ1) is 14.5. The number of hydrogen-bond acceptors (Lipinski definition) is 5. The quantitative estimate of drug-likeness (QED) is 0.674. The zero-order valence-corrected chi connectivity index (χ0v) is 16.4. The predicted molar refractivity (Wildman–Crippen MR) is 107 cm³/mol. The van der Waals surface area contributed by atoms with Crippen molar-refractivity contribution < 1.29 is 18.7 Å². The largest absolute Gasteiger partial charge is 0.486 e. The van der Waals surface area contributed by atoms with E-state index in [0.29, 0.717) is 11.3 Å². The van der Waals surface area contributed by atoms with Gasteiger partial charge in [0.1, 0.15) is 24.9 Å². The fourth-order valence-electron chi connectivity index (χ4n) is 3.61. The molecule has 0 unspecified atom stereocenters. The van der Waals surface area contributed by atoms with Crippen molar-refractivity contribution in [2.24, 2.45) is 7.05 Å². The Kier molecular flexibility index (Phi) is 5.18. The summed E-state index contributed by atoms with van der Waals surface area (Å²) in [7, 11) is 3.18. The molecule has 154 valence electrons. The maximum absolute atomic E-state index is 13.8. The Balaban J connectivity index is 1.82. The number of rotatable bonds is 5. The molecule has 1 aromatic heterocycles. The molecule has 0 saturated heterocycles. The van der Waals surface area contributed by atoms with Gasteiger partial charge in [-0.15, -0.1) is 10.2 Å². The number of halogens is 1. The van der Waals surface area contributed by atoms with E-state index >= 15 is 0 Å². The van der Waals surface area contributed by atoms with Gasteiger partial charge in [0.05, 0.1) is 11.5 Å². The molecule has 2 N–H and O–H groups in total. The van der Waals surface area contributed by atoms with Crippen LogP contribution in [0.5, 0.6) is 5.75 Å². The van der Waals surface area contributed by atoms with Crippen LogP contribution in [-0.2, 0) is 7.05 Å². The lowest BCUT2D eigenvalue weighted by Gasteiger charge is -2.16. The number of nitrogens with zero attached hydrogens (tertiary/aromatic N) is 3. The van der Waals surface area contributed by atoms with Gasteiger partial charge in [-0.1, -0.05) is 30.3 Å². The number of nitrogens with one attached hydrogen (secondary N) is 2. The first-order valence-corrected chi connectivity index (χ1v) is 9.36. The summed E-state index contributed by atoms with van der Waals surface area (Å²) in [6.07, 6.45) is 0.669. The molecule has 1 aliphatic rings. The van der Waals surface area contributed by atoms with Crippen molar-refractivity contribution in [2.45, 2.75) is 12.0 Å². The topological polar surface area (TPSA) is 98.1 Å². The number of hydrogen-bond donors (Lipinski definition) is 2. The zero-order valence-electron chi connectivity index (χ0n) is 16.4. The maximum atomic E-state index is 13.8. The number of fused-ring (bicyclic) bond motifs is 1. The molecule has 30 heavy (non-hydrogen) atoms. The molecule has 1 aliphatic heterocycles.